The number of fused-ring (bicyclic) bond motifs is 1. The molecular weight excluding hydrogens is 206 g/mol. The van der Waals surface area contributed by atoms with Crippen LogP contribution in [-0.2, 0) is 11.2 Å². The second kappa shape index (κ2) is 4.88. The Morgan fingerprint density at radius 1 is 1.44 bits per heavy atom. The molecule has 2 rings (SSSR count). The zero-order chi connectivity index (χ0) is 11.4. The smallest absolute Gasteiger partial charge is 0.231 e. The zero-order valence-electron chi connectivity index (χ0n) is 9.29. The maximum absolute atomic E-state index is 11.0. The van der Waals surface area contributed by atoms with Crippen molar-refractivity contribution >= 4 is 5.91 Å². The summed E-state index contributed by atoms with van der Waals surface area (Å²) in [6.07, 6.45) is 1.34. The van der Waals surface area contributed by atoms with Gasteiger partial charge in [0.1, 0.15) is 0 Å². The van der Waals surface area contributed by atoms with E-state index in [9.17, 15) is 4.79 Å². The Morgan fingerprint density at radius 3 is 3.06 bits per heavy atom. The predicted molar refractivity (Wildman–Crippen MR) is 61.7 cm³/mol. The van der Waals surface area contributed by atoms with Gasteiger partial charge in [-0.1, -0.05) is 13.0 Å². The minimum absolute atomic E-state index is 0. The van der Waals surface area contributed by atoms with Crippen LogP contribution in [0.2, 0.25) is 0 Å². The van der Waals surface area contributed by atoms with Gasteiger partial charge in [-0.2, -0.15) is 0 Å². The number of ether oxygens (including phenoxy) is 2. The second-order valence-corrected chi connectivity index (χ2v) is 3.64. The van der Waals surface area contributed by atoms with Crippen molar-refractivity contribution in [1.82, 2.24) is 5.32 Å². The molecule has 1 aliphatic heterocycles. The van der Waals surface area contributed by atoms with Crippen molar-refractivity contribution in [2.24, 2.45) is 0 Å². The molecule has 0 spiro atoms. The van der Waals surface area contributed by atoms with Crippen molar-refractivity contribution in [2.75, 3.05) is 13.3 Å². The van der Waals surface area contributed by atoms with E-state index in [4.69, 9.17) is 9.47 Å². The Morgan fingerprint density at radius 2 is 2.25 bits per heavy atom. The van der Waals surface area contributed by atoms with Gasteiger partial charge in [-0.05, 0) is 24.1 Å². The van der Waals surface area contributed by atoms with Gasteiger partial charge in [0.15, 0.2) is 11.5 Å². The summed E-state index contributed by atoms with van der Waals surface area (Å²) < 4.78 is 10.5. The Kier molecular flexibility index (Phi) is 3.29. The molecule has 88 valence electrons. The molecule has 0 radical (unpaired) electrons. The van der Waals surface area contributed by atoms with Crippen LogP contribution < -0.4 is 14.8 Å². The zero-order valence-corrected chi connectivity index (χ0v) is 9.29. The first-order valence-electron chi connectivity index (χ1n) is 5.45. The van der Waals surface area contributed by atoms with Crippen LogP contribution in [0.4, 0.5) is 0 Å². The summed E-state index contributed by atoms with van der Waals surface area (Å²) in [6.45, 7) is 2.80. The third-order valence-corrected chi connectivity index (χ3v) is 2.49. The molecular formula is C12H17NO3. The molecule has 0 bridgehead atoms. The first kappa shape index (κ1) is 10.8. The molecule has 0 unspecified atom stereocenters. The Bertz CT molecular complexity index is 395. The van der Waals surface area contributed by atoms with E-state index in [1.54, 1.807) is 0 Å². The first-order valence-corrected chi connectivity index (χ1v) is 5.45. The lowest BCUT2D eigenvalue weighted by atomic mass is 10.1. The molecule has 4 nitrogen and oxygen atoms in total. The second-order valence-electron chi connectivity index (χ2n) is 3.64. The highest BCUT2D eigenvalue weighted by Gasteiger charge is 2.12. The van der Waals surface area contributed by atoms with Crippen molar-refractivity contribution in [1.29, 1.82) is 0 Å². The molecule has 0 saturated carbocycles. The van der Waals surface area contributed by atoms with Gasteiger partial charge < -0.3 is 14.8 Å². The molecule has 1 N–H and O–H groups in total. The number of nitrogens with one attached hydrogen (secondary N) is 1. The van der Waals surface area contributed by atoms with Gasteiger partial charge in [0, 0.05) is 14.4 Å². The Labute approximate surface area is 96.0 Å². The summed E-state index contributed by atoms with van der Waals surface area (Å²) >= 11 is 0. The summed E-state index contributed by atoms with van der Waals surface area (Å²) in [5, 5.41) is 2.84. The van der Waals surface area contributed by atoms with E-state index in [1.165, 1.54) is 0 Å². The molecule has 0 aliphatic carbocycles. The predicted octanol–water partition coefficient (Wildman–Crippen LogP) is 1.73. The van der Waals surface area contributed by atoms with Crippen LogP contribution >= 0.6 is 0 Å². The third-order valence-electron chi connectivity index (χ3n) is 2.49. The van der Waals surface area contributed by atoms with E-state index in [-0.39, 0.29) is 7.33 Å². The van der Waals surface area contributed by atoms with Crippen molar-refractivity contribution in [3.8, 4) is 11.5 Å². The third kappa shape index (κ3) is 2.45. The standard InChI is InChI=1S/C12H15NO3.H2/c1-2-12(14)13-6-5-9-3-4-10-11(7-9)16-8-15-10;/h3-4,7H,2,5-6,8H2,1H3,(H,13,14);1H. The summed E-state index contributed by atoms with van der Waals surface area (Å²) in [5.41, 5.74) is 1.14. The van der Waals surface area contributed by atoms with Gasteiger partial charge in [-0.25, -0.2) is 0 Å². The van der Waals surface area contributed by atoms with Gasteiger partial charge >= 0.3 is 0 Å². The van der Waals surface area contributed by atoms with Crippen molar-refractivity contribution in [3.63, 3.8) is 0 Å². The van der Waals surface area contributed by atoms with Crippen molar-refractivity contribution in [2.45, 2.75) is 19.8 Å². The molecule has 1 aliphatic rings. The van der Waals surface area contributed by atoms with Crippen LogP contribution in [0.1, 0.15) is 20.3 Å². The van der Waals surface area contributed by atoms with Crippen LogP contribution in [0.5, 0.6) is 11.5 Å². The summed E-state index contributed by atoms with van der Waals surface area (Å²) in [4.78, 5) is 11.0. The number of carbonyl (C=O) groups excluding carboxylic acids is 1. The van der Waals surface area contributed by atoms with Gasteiger partial charge in [0.25, 0.3) is 0 Å². The minimum atomic E-state index is 0. The van der Waals surface area contributed by atoms with Gasteiger partial charge in [0.2, 0.25) is 12.7 Å². The lowest BCUT2D eigenvalue weighted by Crippen LogP contribution is -2.24. The number of amides is 1. The normalized spacial score (nSPS) is 12.6. The van der Waals surface area contributed by atoms with Crippen molar-refractivity contribution in [3.05, 3.63) is 23.8 Å². The van der Waals surface area contributed by atoms with Crippen LogP contribution in [0.15, 0.2) is 18.2 Å². The van der Waals surface area contributed by atoms with Crippen LogP contribution in [0.3, 0.4) is 0 Å². The Balaban J connectivity index is 0.00000144. The number of carbonyl (C=O) groups is 1. The van der Waals surface area contributed by atoms with Crippen LogP contribution in [-0.4, -0.2) is 19.2 Å². The summed E-state index contributed by atoms with van der Waals surface area (Å²) in [7, 11) is 0. The average molecular weight is 223 g/mol. The van der Waals surface area contributed by atoms with Gasteiger partial charge in [-0.3, -0.25) is 4.79 Å². The minimum Gasteiger partial charge on any atom is -0.454 e. The van der Waals surface area contributed by atoms with E-state index >= 15 is 0 Å². The number of benzene rings is 1. The molecule has 1 heterocycles. The van der Waals surface area contributed by atoms with Crippen LogP contribution in [0, 0.1) is 0 Å². The largest absolute Gasteiger partial charge is 0.454 e. The number of hydrogen-bond donors (Lipinski definition) is 1. The highest BCUT2D eigenvalue weighted by molar-refractivity contribution is 5.75. The average Bonchev–Trinajstić information content (AvgIpc) is 2.76. The Hall–Kier alpha value is -1.71. The molecule has 16 heavy (non-hydrogen) atoms. The van der Waals surface area contributed by atoms with E-state index < -0.39 is 0 Å². The molecule has 0 atom stereocenters. The van der Waals surface area contributed by atoms with Gasteiger partial charge in [0.05, 0.1) is 0 Å². The molecule has 0 aromatic heterocycles. The van der Waals surface area contributed by atoms with E-state index in [0.717, 1.165) is 23.5 Å². The fourth-order valence-corrected chi connectivity index (χ4v) is 1.57. The monoisotopic (exact) mass is 223 g/mol. The molecule has 1 aromatic carbocycles. The highest BCUT2D eigenvalue weighted by atomic mass is 16.7. The quantitative estimate of drug-likeness (QED) is 0.845. The fourth-order valence-electron chi connectivity index (χ4n) is 1.57. The molecule has 1 aromatic rings. The van der Waals surface area contributed by atoms with Crippen molar-refractivity contribution < 1.29 is 15.7 Å². The molecule has 0 fully saturated rings. The van der Waals surface area contributed by atoms with E-state index in [2.05, 4.69) is 5.32 Å². The summed E-state index contributed by atoms with van der Waals surface area (Å²) in [5.74, 6) is 1.67. The highest BCUT2D eigenvalue weighted by Crippen LogP contribution is 2.32. The maximum Gasteiger partial charge on any atom is 0.231 e. The first-order chi connectivity index (χ1) is 7.79. The summed E-state index contributed by atoms with van der Waals surface area (Å²) in [6, 6.07) is 5.85. The fraction of sp³-hybridized carbons (Fsp3) is 0.417. The van der Waals surface area contributed by atoms with E-state index in [0.29, 0.717) is 19.8 Å². The topological polar surface area (TPSA) is 47.6 Å². The number of hydrogen-bond acceptors (Lipinski definition) is 3. The SMILES string of the molecule is CCC(=O)NCCc1ccc2c(c1)OCO2.[HH]. The lowest BCUT2D eigenvalue weighted by Gasteiger charge is -2.04. The molecule has 1 amide bonds. The number of rotatable bonds is 4. The lowest BCUT2D eigenvalue weighted by molar-refractivity contribution is -0.120. The molecule has 4 heteroatoms. The van der Waals surface area contributed by atoms with Crippen LogP contribution in [0.25, 0.3) is 0 Å². The molecule has 0 saturated heterocycles. The maximum atomic E-state index is 11.0. The van der Waals surface area contributed by atoms with E-state index in [1.807, 2.05) is 25.1 Å². The van der Waals surface area contributed by atoms with Gasteiger partial charge in [-0.15, -0.1) is 0 Å².